The number of fused-ring (bicyclic) bond motifs is 1. The molecule has 0 bridgehead atoms. The molecule has 0 aliphatic carbocycles. The molecular weight excluding hydrogens is 434 g/mol. The van der Waals surface area contributed by atoms with Gasteiger partial charge < -0.3 is 10.3 Å². The first-order chi connectivity index (χ1) is 15.3. The molecule has 32 heavy (non-hydrogen) atoms. The van der Waals surface area contributed by atoms with E-state index in [2.05, 4.69) is 20.1 Å². The molecule has 0 aliphatic heterocycles. The largest absolute Gasteiger partial charge is 0.377 e. The van der Waals surface area contributed by atoms with Crippen LogP contribution in [0.4, 0.5) is 20.2 Å². The SMILES string of the molecule is [C-]#[N+]c1ccc(F)c([C@@H](C)Nc2c(Cl)c(C)nc3cc(F)c(-c4ccc(=O)[nH]c4)cc23)c1. The summed E-state index contributed by atoms with van der Waals surface area (Å²) in [5.74, 6) is -0.961. The number of rotatable bonds is 4. The second-order valence-electron chi connectivity index (χ2n) is 7.36. The highest BCUT2D eigenvalue weighted by atomic mass is 35.5. The summed E-state index contributed by atoms with van der Waals surface area (Å²) in [5, 5.41) is 4.08. The molecule has 0 fully saturated rings. The quantitative estimate of drug-likeness (QED) is 0.346. The van der Waals surface area contributed by atoms with Crippen molar-refractivity contribution in [1.82, 2.24) is 9.97 Å². The summed E-state index contributed by atoms with van der Waals surface area (Å²) in [6.07, 6.45) is 1.43. The van der Waals surface area contributed by atoms with E-state index in [4.69, 9.17) is 18.2 Å². The minimum Gasteiger partial charge on any atom is -0.377 e. The van der Waals surface area contributed by atoms with Crippen LogP contribution in [0.3, 0.4) is 0 Å². The number of nitrogens with one attached hydrogen (secondary N) is 2. The molecule has 0 saturated heterocycles. The molecule has 0 amide bonds. The molecule has 0 spiro atoms. The molecule has 8 heteroatoms. The topological polar surface area (TPSA) is 62.1 Å². The Bertz CT molecular complexity index is 1440. The van der Waals surface area contributed by atoms with Crippen LogP contribution in [0.15, 0.2) is 53.5 Å². The fourth-order valence-corrected chi connectivity index (χ4v) is 3.75. The first kappa shape index (κ1) is 21.5. The maximum absolute atomic E-state index is 14.9. The lowest BCUT2D eigenvalue weighted by Gasteiger charge is -2.21. The summed E-state index contributed by atoms with van der Waals surface area (Å²) in [7, 11) is 0. The van der Waals surface area contributed by atoms with Gasteiger partial charge in [-0.25, -0.2) is 13.6 Å². The number of benzene rings is 2. The number of aryl methyl sites for hydroxylation is 1. The maximum atomic E-state index is 14.9. The van der Waals surface area contributed by atoms with E-state index < -0.39 is 17.7 Å². The van der Waals surface area contributed by atoms with Crippen LogP contribution in [-0.2, 0) is 0 Å². The molecule has 2 aromatic carbocycles. The molecule has 5 nitrogen and oxygen atoms in total. The first-order valence-electron chi connectivity index (χ1n) is 9.70. The van der Waals surface area contributed by atoms with Gasteiger partial charge in [0, 0.05) is 34.8 Å². The van der Waals surface area contributed by atoms with E-state index in [1.807, 2.05) is 0 Å². The van der Waals surface area contributed by atoms with Gasteiger partial charge >= 0.3 is 0 Å². The van der Waals surface area contributed by atoms with Crippen molar-refractivity contribution in [3.05, 3.63) is 98.3 Å². The van der Waals surface area contributed by atoms with Crippen molar-refractivity contribution in [2.45, 2.75) is 19.9 Å². The summed E-state index contributed by atoms with van der Waals surface area (Å²) in [6, 6.07) is 9.34. The first-order valence-corrected chi connectivity index (χ1v) is 10.1. The molecular formula is C24H17ClF2N4O. The highest BCUT2D eigenvalue weighted by Gasteiger charge is 2.19. The van der Waals surface area contributed by atoms with Crippen molar-refractivity contribution in [2.24, 2.45) is 0 Å². The van der Waals surface area contributed by atoms with Crippen LogP contribution in [0, 0.1) is 25.1 Å². The van der Waals surface area contributed by atoms with Crippen LogP contribution in [0.25, 0.3) is 26.9 Å². The maximum Gasteiger partial charge on any atom is 0.247 e. The van der Waals surface area contributed by atoms with Gasteiger partial charge in [0.15, 0.2) is 5.69 Å². The second-order valence-corrected chi connectivity index (χ2v) is 7.74. The number of hydrogen-bond acceptors (Lipinski definition) is 3. The highest BCUT2D eigenvalue weighted by molar-refractivity contribution is 6.35. The third kappa shape index (κ3) is 3.93. The Morgan fingerprint density at radius 2 is 1.94 bits per heavy atom. The average Bonchev–Trinajstić information content (AvgIpc) is 2.77. The number of nitrogens with zero attached hydrogens (tertiary/aromatic N) is 2. The van der Waals surface area contributed by atoms with E-state index in [0.29, 0.717) is 44.1 Å². The number of aromatic amines is 1. The Morgan fingerprint density at radius 3 is 2.62 bits per heavy atom. The van der Waals surface area contributed by atoms with Gasteiger partial charge in [-0.05, 0) is 43.7 Å². The van der Waals surface area contributed by atoms with Gasteiger partial charge in [-0.2, -0.15) is 0 Å². The number of hydrogen-bond donors (Lipinski definition) is 2. The van der Waals surface area contributed by atoms with Crippen molar-refractivity contribution in [3.63, 3.8) is 0 Å². The predicted molar refractivity (Wildman–Crippen MR) is 122 cm³/mol. The molecule has 2 N–H and O–H groups in total. The number of pyridine rings is 2. The standard InChI is InChI=1S/C24H17ClF2N4O/c1-12(16-8-15(28-3)5-6-19(16)26)31-24-18-9-17(14-4-7-22(32)29-11-14)20(27)10-21(18)30-13(2)23(24)25/h4-12H,1-2H3,(H,29,32)(H,30,31)/t12-/m1/s1. The van der Waals surface area contributed by atoms with E-state index in [-0.39, 0.29) is 11.1 Å². The zero-order valence-corrected chi connectivity index (χ0v) is 17.9. The number of aromatic nitrogens is 2. The number of halogens is 3. The average molecular weight is 451 g/mol. The fourth-order valence-electron chi connectivity index (χ4n) is 3.55. The van der Waals surface area contributed by atoms with Gasteiger partial charge in [-0.3, -0.25) is 9.78 Å². The zero-order chi connectivity index (χ0) is 23.0. The second kappa shape index (κ2) is 8.40. The molecule has 4 rings (SSSR count). The van der Waals surface area contributed by atoms with Crippen molar-refractivity contribution in [1.29, 1.82) is 0 Å². The molecule has 0 aliphatic rings. The zero-order valence-electron chi connectivity index (χ0n) is 17.1. The Kier molecular flexibility index (Phi) is 5.64. The van der Waals surface area contributed by atoms with Gasteiger partial charge in [0.2, 0.25) is 5.56 Å². The third-order valence-corrected chi connectivity index (χ3v) is 5.67. The van der Waals surface area contributed by atoms with E-state index in [1.54, 1.807) is 19.9 Å². The van der Waals surface area contributed by atoms with Crippen molar-refractivity contribution in [3.8, 4) is 11.1 Å². The van der Waals surface area contributed by atoms with Crippen LogP contribution >= 0.6 is 11.6 Å². The van der Waals surface area contributed by atoms with E-state index in [1.165, 1.54) is 42.6 Å². The van der Waals surface area contributed by atoms with Gasteiger partial charge in [0.05, 0.1) is 34.5 Å². The van der Waals surface area contributed by atoms with E-state index >= 15 is 0 Å². The molecule has 160 valence electrons. The fraction of sp³-hybridized carbons (Fsp3) is 0.125. The smallest absolute Gasteiger partial charge is 0.247 e. The minimum atomic E-state index is -0.541. The van der Waals surface area contributed by atoms with Crippen molar-refractivity contribution < 1.29 is 8.78 Å². The van der Waals surface area contributed by atoms with Gasteiger partial charge in [-0.1, -0.05) is 17.7 Å². The van der Waals surface area contributed by atoms with Gasteiger partial charge in [0.25, 0.3) is 0 Å². The van der Waals surface area contributed by atoms with E-state index in [0.717, 1.165) is 0 Å². The number of H-pyrrole nitrogens is 1. The predicted octanol–water partition coefficient (Wildman–Crippen LogP) is 6.55. The summed E-state index contributed by atoms with van der Waals surface area (Å²) < 4.78 is 29.3. The Labute approximate surface area is 187 Å². The van der Waals surface area contributed by atoms with Gasteiger partial charge in [-0.15, -0.1) is 0 Å². The summed E-state index contributed by atoms with van der Waals surface area (Å²) in [5.41, 5.74) is 2.40. The van der Waals surface area contributed by atoms with E-state index in [9.17, 15) is 13.6 Å². The third-order valence-electron chi connectivity index (χ3n) is 5.21. The molecule has 2 heterocycles. The minimum absolute atomic E-state index is 0.257. The highest BCUT2D eigenvalue weighted by Crippen LogP contribution is 2.38. The lowest BCUT2D eigenvalue weighted by Crippen LogP contribution is -2.10. The Morgan fingerprint density at radius 1 is 1.16 bits per heavy atom. The van der Waals surface area contributed by atoms with Crippen LogP contribution in [0.1, 0.15) is 24.2 Å². The Balaban J connectivity index is 1.87. The molecule has 0 radical (unpaired) electrons. The van der Waals surface area contributed by atoms with Crippen molar-refractivity contribution >= 4 is 33.9 Å². The summed E-state index contributed by atoms with van der Waals surface area (Å²) in [6.45, 7) is 10.6. The number of anilines is 1. The summed E-state index contributed by atoms with van der Waals surface area (Å²) in [4.78, 5) is 21.7. The monoisotopic (exact) mass is 450 g/mol. The molecule has 1 atom stereocenters. The molecule has 4 aromatic rings. The van der Waals surface area contributed by atoms with Crippen LogP contribution < -0.4 is 10.9 Å². The van der Waals surface area contributed by atoms with Gasteiger partial charge in [0.1, 0.15) is 11.6 Å². The molecule has 0 unspecified atom stereocenters. The normalized spacial score (nSPS) is 11.9. The van der Waals surface area contributed by atoms with Crippen LogP contribution in [0.2, 0.25) is 5.02 Å². The van der Waals surface area contributed by atoms with Crippen LogP contribution in [-0.4, -0.2) is 9.97 Å². The lowest BCUT2D eigenvalue weighted by atomic mass is 10.0. The molecule has 0 saturated carbocycles. The lowest BCUT2D eigenvalue weighted by molar-refractivity contribution is 0.601. The summed E-state index contributed by atoms with van der Waals surface area (Å²) >= 11 is 6.55. The molecule has 2 aromatic heterocycles. The Hall–Kier alpha value is -3.76. The van der Waals surface area contributed by atoms with Crippen LogP contribution in [0.5, 0.6) is 0 Å². The van der Waals surface area contributed by atoms with Crippen molar-refractivity contribution in [2.75, 3.05) is 5.32 Å².